The van der Waals surface area contributed by atoms with Gasteiger partial charge in [-0.05, 0) is 25.0 Å². The second-order valence-corrected chi connectivity index (χ2v) is 6.01. The molecule has 1 fully saturated rings. The molecule has 3 aromatic rings. The van der Waals surface area contributed by atoms with E-state index in [4.69, 9.17) is 8.83 Å². The molecule has 0 bridgehead atoms. The number of nitrogens with one attached hydrogen (secondary N) is 1. The maximum atomic E-state index is 12.5. The second-order valence-electron chi connectivity index (χ2n) is 6.01. The molecule has 0 spiro atoms. The van der Waals surface area contributed by atoms with E-state index in [9.17, 15) is 4.79 Å². The zero-order chi connectivity index (χ0) is 16.5. The van der Waals surface area contributed by atoms with Crippen molar-refractivity contribution >= 4 is 22.9 Å². The van der Waals surface area contributed by atoms with Gasteiger partial charge in [0.2, 0.25) is 5.89 Å². The van der Waals surface area contributed by atoms with Crippen molar-refractivity contribution in [2.45, 2.75) is 25.8 Å². The molecule has 3 heterocycles. The highest BCUT2D eigenvalue weighted by atomic mass is 16.4. The third-order valence-corrected chi connectivity index (χ3v) is 4.19. The Morgan fingerprint density at radius 2 is 2.17 bits per heavy atom. The van der Waals surface area contributed by atoms with Gasteiger partial charge in [0.1, 0.15) is 5.58 Å². The summed E-state index contributed by atoms with van der Waals surface area (Å²) in [5, 5.41) is 11.9. The topological polar surface area (TPSA) is 84.4 Å². The quantitative estimate of drug-likeness (QED) is 0.796. The van der Waals surface area contributed by atoms with Crippen LogP contribution in [0, 0.1) is 6.92 Å². The molecule has 1 saturated heterocycles. The van der Waals surface area contributed by atoms with Gasteiger partial charge in [-0.2, -0.15) is 0 Å². The summed E-state index contributed by atoms with van der Waals surface area (Å²) in [6, 6.07) is 9.89. The van der Waals surface area contributed by atoms with E-state index in [2.05, 4.69) is 15.5 Å². The second kappa shape index (κ2) is 5.99. The number of aryl methyl sites for hydroxylation is 1. The number of anilines is 1. The highest BCUT2D eigenvalue weighted by Crippen LogP contribution is 2.21. The summed E-state index contributed by atoms with van der Waals surface area (Å²) < 4.78 is 11.1. The van der Waals surface area contributed by atoms with Gasteiger partial charge >= 0.3 is 6.01 Å². The third-order valence-electron chi connectivity index (χ3n) is 4.19. The van der Waals surface area contributed by atoms with Crippen LogP contribution >= 0.6 is 0 Å². The van der Waals surface area contributed by atoms with Crippen LogP contribution in [0.1, 0.15) is 29.3 Å². The Hall–Kier alpha value is -2.83. The average Bonchev–Trinajstić information content (AvgIpc) is 3.21. The number of fused-ring (bicyclic) bond motifs is 1. The van der Waals surface area contributed by atoms with Crippen molar-refractivity contribution in [1.82, 2.24) is 15.5 Å². The summed E-state index contributed by atoms with van der Waals surface area (Å²) in [6.07, 6.45) is 1.86. The van der Waals surface area contributed by atoms with Gasteiger partial charge in [0.15, 0.2) is 5.76 Å². The summed E-state index contributed by atoms with van der Waals surface area (Å²) >= 11 is 0. The molecule has 1 atom stereocenters. The lowest BCUT2D eigenvalue weighted by Gasteiger charge is -2.31. The summed E-state index contributed by atoms with van der Waals surface area (Å²) in [5.41, 5.74) is 0.717. The van der Waals surface area contributed by atoms with Crippen LogP contribution in [0.3, 0.4) is 0 Å². The van der Waals surface area contributed by atoms with Crippen molar-refractivity contribution in [3.05, 3.63) is 42.0 Å². The number of rotatable bonds is 3. The molecule has 1 aliphatic rings. The van der Waals surface area contributed by atoms with E-state index in [0.29, 0.717) is 29.8 Å². The molecule has 1 unspecified atom stereocenters. The van der Waals surface area contributed by atoms with Gasteiger partial charge in [0.05, 0.1) is 0 Å². The standard InChI is InChI=1S/C17H18N4O3/c1-11-19-20-17(23-11)21-8-4-6-13(10-21)18-16(22)15-9-12-5-2-3-7-14(12)24-15/h2-3,5,7,9,13H,4,6,8,10H2,1H3,(H,18,22). The first-order valence-electron chi connectivity index (χ1n) is 8.03. The molecule has 1 aromatic carbocycles. The van der Waals surface area contributed by atoms with Gasteiger partial charge in [-0.15, -0.1) is 5.10 Å². The lowest BCUT2D eigenvalue weighted by Crippen LogP contribution is -2.47. The van der Waals surface area contributed by atoms with Gasteiger partial charge < -0.3 is 19.1 Å². The van der Waals surface area contributed by atoms with E-state index in [1.807, 2.05) is 29.2 Å². The number of benzene rings is 1. The van der Waals surface area contributed by atoms with Crippen LogP contribution in [0.4, 0.5) is 6.01 Å². The van der Waals surface area contributed by atoms with E-state index in [1.54, 1.807) is 13.0 Å². The Kier molecular flexibility index (Phi) is 3.68. The van der Waals surface area contributed by atoms with E-state index >= 15 is 0 Å². The van der Waals surface area contributed by atoms with Crippen LogP contribution in [0.15, 0.2) is 39.2 Å². The predicted octanol–water partition coefficient (Wildman–Crippen LogP) is 2.52. The van der Waals surface area contributed by atoms with Gasteiger partial charge in [-0.1, -0.05) is 23.3 Å². The molecule has 0 radical (unpaired) electrons. The normalized spacial score (nSPS) is 18.0. The fraction of sp³-hybridized carbons (Fsp3) is 0.353. The molecule has 2 aromatic heterocycles. The zero-order valence-corrected chi connectivity index (χ0v) is 13.4. The average molecular weight is 326 g/mol. The first kappa shape index (κ1) is 14.7. The molecule has 24 heavy (non-hydrogen) atoms. The summed E-state index contributed by atoms with van der Waals surface area (Å²) in [6.45, 7) is 3.26. The number of furan rings is 1. The molecule has 1 aliphatic heterocycles. The van der Waals surface area contributed by atoms with Gasteiger partial charge in [0.25, 0.3) is 5.91 Å². The minimum absolute atomic E-state index is 0.0201. The van der Waals surface area contributed by atoms with Crippen molar-refractivity contribution in [1.29, 1.82) is 0 Å². The summed E-state index contributed by atoms with van der Waals surface area (Å²) in [5.74, 6) is 0.681. The molecule has 1 N–H and O–H groups in total. The van der Waals surface area contributed by atoms with Crippen LogP contribution in [-0.4, -0.2) is 35.2 Å². The van der Waals surface area contributed by atoms with Crippen LogP contribution in [0.5, 0.6) is 0 Å². The smallest absolute Gasteiger partial charge is 0.318 e. The number of hydrogen-bond donors (Lipinski definition) is 1. The molecule has 124 valence electrons. The Morgan fingerprint density at radius 3 is 2.96 bits per heavy atom. The minimum Gasteiger partial charge on any atom is -0.451 e. The number of hydrogen-bond acceptors (Lipinski definition) is 6. The van der Waals surface area contributed by atoms with Crippen molar-refractivity contribution in [3.8, 4) is 0 Å². The number of para-hydroxylation sites is 1. The molecular weight excluding hydrogens is 308 g/mol. The van der Waals surface area contributed by atoms with E-state index in [-0.39, 0.29) is 11.9 Å². The largest absolute Gasteiger partial charge is 0.451 e. The Balaban J connectivity index is 1.45. The van der Waals surface area contributed by atoms with Gasteiger partial charge in [0, 0.05) is 31.4 Å². The number of nitrogens with zero attached hydrogens (tertiary/aromatic N) is 3. The van der Waals surface area contributed by atoms with E-state index in [0.717, 1.165) is 24.8 Å². The molecule has 4 rings (SSSR count). The molecule has 1 amide bonds. The monoisotopic (exact) mass is 326 g/mol. The van der Waals surface area contributed by atoms with Crippen molar-refractivity contribution in [2.75, 3.05) is 18.0 Å². The van der Waals surface area contributed by atoms with E-state index < -0.39 is 0 Å². The predicted molar refractivity (Wildman–Crippen MR) is 88.0 cm³/mol. The molecule has 0 aliphatic carbocycles. The van der Waals surface area contributed by atoms with Crippen molar-refractivity contribution < 1.29 is 13.6 Å². The van der Waals surface area contributed by atoms with Crippen molar-refractivity contribution in [3.63, 3.8) is 0 Å². The van der Waals surface area contributed by atoms with Crippen LogP contribution in [0.2, 0.25) is 0 Å². The number of piperidine rings is 1. The Labute approximate surface area is 138 Å². The molecule has 7 heteroatoms. The van der Waals surface area contributed by atoms with Crippen LogP contribution in [-0.2, 0) is 0 Å². The number of carbonyl (C=O) groups excluding carboxylic acids is 1. The number of amides is 1. The van der Waals surface area contributed by atoms with Crippen LogP contribution in [0.25, 0.3) is 11.0 Å². The lowest BCUT2D eigenvalue weighted by molar-refractivity contribution is 0.0907. The number of aromatic nitrogens is 2. The van der Waals surface area contributed by atoms with E-state index in [1.165, 1.54) is 0 Å². The zero-order valence-electron chi connectivity index (χ0n) is 13.4. The fourth-order valence-corrected chi connectivity index (χ4v) is 3.03. The lowest BCUT2D eigenvalue weighted by atomic mass is 10.1. The highest BCUT2D eigenvalue weighted by molar-refractivity contribution is 5.96. The maximum absolute atomic E-state index is 12.5. The van der Waals surface area contributed by atoms with Crippen LogP contribution < -0.4 is 10.2 Å². The minimum atomic E-state index is -0.195. The SMILES string of the molecule is Cc1nnc(N2CCCC(NC(=O)c3cc4ccccc4o3)C2)o1. The molecule has 7 nitrogen and oxygen atoms in total. The third kappa shape index (κ3) is 2.84. The highest BCUT2D eigenvalue weighted by Gasteiger charge is 2.25. The van der Waals surface area contributed by atoms with Crippen molar-refractivity contribution in [2.24, 2.45) is 0 Å². The fourth-order valence-electron chi connectivity index (χ4n) is 3.03. The first-order valence-corrected chi connectivity index (χ1v) is 8.03. The molecular formula is C17H18N4O3. The Bertz CT molecular complexity index is 836. The maximum Gasteiger partial charge on any atom is 0.318 e. The summed E-state index contributed by atoms with van der Waals surface area (Å²) in [7, 11) is 0. The summed E-state index contributed by atoms with van der Waals surface area (Å²) in [4.78, 5) is 14.5. The van der Waals surface area contributed by atoms with Gasteiger partial charge in [-0.3, -0.25) is 4.79 Å². The number of carbonyl (C=O) groups is 1. The Morgan fingerprint density at radius 1 is 1.29 bits per heavy atom. The molecule has 0 saturated carbocycles. The van der Waals surface area contributed by atoms with Gasteiger partial charge in [-0.25, -0.2) is 0 Å². The first-order chi connectivity index (χ1) is 11.7.